The van der Waals surface area contributed by atoms with E-state index in [0.717, 1.165) is 16.8 Å². The number of carbonyl (C=O) groups excluding carboxylic acids is 1. The fourth-order valence-electron chi connectivity index (χ4n) is 2.63. The molecule has 0 amide bonds. The van der Waals surface area contributed by atoms with Gasteiger partial charge in [0, 0.05) is 36.3 Å². The number of para-hydroxylation sites is 1. The minimum Gasteiger partial charge on any atom is -0.475 e. The first-order valence-electron chi connectivity index (χ1n) is 6.76. The van der Waals surface area contributed by atoms with Crippen LogP contribution in [0.1, 0.15) is 38.7 Å². The molecule has 2 aromatic rings. The van der Waals surface area contributed by atoms with Crippen LogP contribution in [0.5, 0.6) is 0 Å². The third-order valence-corrected chi connectivity index (χ3v) is 3.75. The van der Waals surface area contributed by atoms with Gasteiger partial charge in [-0.25, -0.2) is 4.79 Å². The van der Waals surface area contributed by atoms with Crippen LogP contribution in [0.4, 0.5) is 5.69 Å². The van der Waals surface area contributed by atoms with Crippen molar-refractivity contribution in [2.75, 3.05) is 11.4 Å². The predicted octanol–water partition coefficient (Wildman–Crippen LogP) is 2.88. The van der Waals surface area contributed by atoms with Crippen molar-refractivity contribution in [3.05, 3.63) is 53.0 Å². The number of rotatable bonds is 3. The lowest BCUT2D eigenvalue weighted by atomic mass is 10.00. The van der Waals surface area contributed by atoms with E-state index in [-0.39, 0.29) is 11.5 Å². The summed E-state index contributed by atoms with van der Waals surface area (Å²) in [5.41, 5.74) is 2.45. The van der Waals surface area contributed by atoms with Gasteiger partial charge in [0.05, 0.1) is 0 Å². The highest BCUT2D eigenvalue weighted by Crippen LogP contribution is 2.29. The number of carboxylic acids is 1. The lowest BCUT2D eigenvalue weighted by molar-refractivity contribution is 0.0660. The number of nitrogens with zero attached hydrogens (tertiary/aromatic N) is 1. The van der Waals surface area contributed by atoms with Gasteiger partial charge in [0.25, 0.3) is 0 Å². The van der Waals surface area contributed by atoms with Gasteiger partial charge in [0.1, 0.15) is 5.76 Å². The largest absolute Gasteiger partial charge is 0.475 e. The van der Waals surface area contributed by atoms with Gasteiger partial charge in [0.2, 0.25) is 5.76 Å². The molecule has 0 bridgehead atoms. The number of benzene rings is 1. The highest BCUT2D eigenvalue weighted by Gasteiger charge is 2.24. The molecule has 21 heavy (non-hydrogen) atoms. The average Bonchev–Trinajstić information content (AvgIpc) is 2.84. The zero-order valence-corrected chi connectivity index (χ0v) is 11.6. The summed E-state index contributed by atoms with van der Waals surface area (Å²) in [7, 11) is 0. The van der Waals surface area contributed by atoms with Crippen LogP contribution in [0.15, 0.2) is 34.7 Å². The van der Waals surface area contributed by atoms with E-state index in [1.165, 1.54) is 0 Å². The maximum Gasteiger partial charge on any atom is 0.371 e. The fraction of sp³-hybridized carbons (Fsp3) is 0.250. The number of ketones is 1. The van der Waals surface area contributed by atoms with Crippen molar-refractivity contribution in [1.82, 2.24) is 0 Å². The molecule has 0 saturated carbocycles. The average molecular weight is 285 g/mol. The smallest absolute Gasteiger partial charge is 0.371 e. The minimum atomic E-state index is -1.07. The Morgan fingerprint density at radius 1 is 1.38 bits per heavy atom. The number of hydrogen-bond acceptors (Lipinski definition) is 4. The molecule has 0 fully saturated rings. The van der Waals surface area contributed by atoms with Crippen molar-refractivity contribution in [3.8, 4) is 0 Å². The van der Waals surface area contributed by atoms with Gasteiger partial charge in [-0.05, 0) is 25.1 Å². The second-order valence-electron chi connectivity index (χ2n) is 5.11. The standard InChI is InChI=1S/C16H15NO4/c1-10-11(8-15(21-10)16(19)20)9-17-7-6-14(18)12-4-2-3-5-13(12)17/h2-5,8H,6-7,9H2,1H3,(H,19,20). The molecule has 5 nitrogen and oxygen atoms in total. The third kappa shape index (κ3) is 2.42. The normalized spacial score (nSPS) is 14.1. The first-order chi connectivity index (χ1) is 10.1. The maximum atomic E-state index is 11.9. The number of fused-ring (bicyclic) bond motifs is 1. The van der Waals surface area contributed by atoms with Crippen molar-refractivity contribution < 1.29 is 19.1 Å². The number of carboxylic acid groups (broad SMARTS) is 1. The van der Waals surface area contributed by atoms with Crippen molar-refractivity contribution in [3.63, 3.8) is 0 Å². The molecule has 1 aromatic carbocycles. The maximum absolute atomic E-state index is 11.9. The van der Waals surface area contributed by atoms with Crippen LogP contribution < -0.4 is 4.90 Å². The predicted molar refractivity (Wildman–Crippen MR) is 76.8 cm³/mol. The van der Waals surface area contributed by atoms with Crippen molar-refractivity contribution in [2.24, 2.45) is 0 Å². The Morgan fingerprint density at radius 2 is 2.14 bits per heavy atom. The summed E-state index contributed by atoms with van der Waals surface area (Å²) in [4.78, 5) is 25.0. The van der Waals surface area contributed by atoms with E-state index in [4.69, 9.17) is 9.52 Å². The molecule has 0 aliphatic carbocycles. The number of aryl methyl sites for hydroxylation is 1. The topological polar surface area (TPSA) is 70.8 Å². The van der Waals surface area contributed by atoms with Gasteiger partial charge < -0.3 is 14.4 Å². The Kier molecular flexibility index (Phi) is 3.25. The molecule has 0 spiro atoms. The number of anilines is 1. The van der Waals surface area contributed by atoms with E-state index >= 15 is 0 Å². The molecule has 0 radical (unpaired) electrons. The Morgan fingerprint density at radius 3 is 2.86 bits per heavy atom. The molecule has 1 aliphatic rings. The molecule has 0 unspecified atom stereocenters. The van der Waals surface area contributed by atoms with Crippen LogP contribution in [0.2, 0.25) is 0 Å². The first-order valence-corrected chi connectivity index (χ1v) is 6.76. The fourth-order valence-corrected chi connectivity index (χ4v) is 2.63. The molecule has 108 valence electrons. The summed E-state index contributed by atoms with van der Waals surface area (Å²) in [6, 6.07) is 9.05. The molecule has 2 heterocycles. The molecule has 5 heteroatoms. The second kappa shape index (κ2) is 5.09. The van der Waals surface area contributed by atoms with E-state index < -0.39 is 5.97 Å². The van der Waals surface area contributed by atoms with Crippen molar-refractivity contribution in [2.45, 2.75) is 19.9 Å². The summed E-state index contributed by atoms with van der Waals surface area (Å²) in [6.07, 6.45) is 0.472. The quantitative estimate of drug-likeness (QED) is 0.939. The van der Waals surface area contributed by atoms with Gasteiger partial charge >= 0.3 is 5.97 Å². The Balaban J connectivity index is 1.91. The van der Waals surface area contributed by atoms with E-state index in [1.54, 1.807) is 13.0 Å². The number of hydrogen-bond donors (Lipinski definition) is 1. The first kappa shape index (κ1) is 13.4. The monoisotopic (exact) mass is 285 g/mol. The summed E-state index contributed by atoms with van der Waals surface area (Å²) >= 11 is 0. The zero-order valence-electron chi connectivity index (χ0n) is 11.6. The summed E-state index contributed by atoms with van der Waals surface area (Å²) in [5, 5.41) is 8.97. The van der Waals surface area contributed by atoms with Crippen LogP contribution in [0.25, 0.3) is 0 Å². The molecule has 0 atom stereocenters. The molecule has 3 rings (SSSR count). The van der Waals surface area contributed by atoms with E-state index in [0.29, 0.717) is 25.3 Å². The molecule has 1 N–H and O–H groups in total. The van der Waals surface area contributed by atoms with E-state index in [9.17, 15) is 9.59 Å². The number of aromatic carboxylic acids is 1. The lowest BCUT2D eigenvalue weighted by Gasteiger charge is -2.30. The van der Waals surface area contributed by atoms with Gasteiger partial charge in [-0.15, -0.1) is 0 Å². The third-order valence-electron chi connectivity index (χ3n) is 3.75. The zero-order chi connectivity index (χ0) is 15.0. The molecule has 1 aliphatic heterocycles. The van der Waals surface area contributed by atoms with Crippen molar-refractivity contribution >= 4 is 17.4 Å². The minimum absolute atomic E-state index is 0.0520. The Bertz CT molecular complexity index is 717. The molecule has 1 aromatic heterocycles. The molecule has 0 saturated heterocycles. The van der Waals surface area contributed by atoms with Gasteiger partial charge in [0.15, 0.2) is 5.78 Å². The SMILES string of the molecule is Cc1oc(C(=O)O)cc1CN1CCC(=O)c2ccccc21. The van der Waals surface area contributed by atoms with Gasteiger partial charge in [-0.3, -0.25) is 4.79 Å². The van der Waals surface area contributed by atoms with E-state index in [1.807, 2.05) is 24.3 Å². The Labute approximate surface area is 121 Å². The highest BCUT2D eigenvalue weighted by atomic mass is 16.4. The summed E-state index contributed by atoms with van der Waals surface area (Å²) in [5.74, 6) is -0.374. The van der Waals surface area contributed by atoms with E-state index in [2.05, 4.69) is 4.90 Å². The van der Waals surface area contributed by atoms with Crippen LogP contribution in [0, 0.1) is 6.92 Å². The number of Topliss-reactive ketones (excluding diaryl/α,β-unsaturated/α-hetero) is 1. The van der Waals surface area contributed by atoms with Crippen LogP contribution >= 0.6 is 0 Å². The van der Waals surface area contributed by atoms with Crippen LogP contribution in [0.3, 0.4) is 0 Å². The molecular weight excluding hydrogens is 270 g/mol. The number of carbonyl (C=O) groups is 2. The van der Waals surface area contributed by atoms with Crippen LogP contribution in [-0.2, 0) is 6.54 Å². The Hall–Kier alpha value is -2.56. The summed E-state index contributed by atoms with van der Waals surface area (Å²) in [6.45, 7) is 2.92. The number of furan rings is 1. The van der Waals surface area contributed by atoms with Crippen molar-refractivity contribution in [1.29, 1.82) is 0 Å². The molecular formula is C16H15NO4. The second-order valence-corrected chi connectivity index (χ2v) is 5.11. The van der Waals surface area contributed by atoms with Gasteiger partial charge in [-0.2, -0.15) is 0 Å². The van der Waals surface area contributed by atoms with Gasteiger partial charge in [-0.1, -0.05) is 12.1 Å². The van der Waals surface area contributed by atoms with Crippen LogP contribution in [-0.4, -0.2) is 23.4 Å². The lowest BCUT2D eigenvalue weighted by Crippen LogP contribution is -2.31. The summed E-state index contributed by atoms with van der Waals surface area (Å²) < 4.78 is 5.23. The highest BCUT2D eigenvalue weighted by molar-refractivity contribution is 6.03.